The third-order valence-corrected chi connectivity index (χ3v) is 4.86. The number of carbonyl (C=O) groups excluding carboxylic acids is 2. The Morgan fingerprint density at radius 1 is 1.37 bits per heavy atom. The molecule has 5 nitrogen and oxygen atoms in total. The smallest absolute Gasteiger partial charge is 0.240 e. The lowest BCUT2D eigenvalue weighted by atomic mass is 9.85. The van der Waals surface area contributed by atoms with Crippen LogP contribution in [0.3, 0.4) is 0 Å². The maximum atomic E-state index is 12.3. The third kappa shape index (κ3) is 2.89. The van der Waals surface area contributed by atoms with Gasteiger partial charge in [-0.05, 0) is 32.6 Å². The average Bonchev–Trinajstić information content (AvgIpc) is 2.54. The minimum atomic E-state index is -0.396. The Labute approximate surface area is 119 Å². The zero-order chi connectivity index (χ0) is 13.9. The van der Waals surface area contributed by atoms with Crippen molar-refractivity contribution in [1.29, 1.82) is 0 Å². The fourth-order valence-corrected chi connectivity index (χ4v) is 3.45. The lowest BCUT2D eigenvalue weighted by Crippen LogP contribution is -2.61. The van der Waals surface area contributed by atoms with Crippen molar-refractivity contribution in [3.8, 4) is 0 Å². The van der Waals surface area contributed by atoms with Gasteiger partial charge in [0.05, 0.1) is 5.75 Å². The Bertz CT molecular complexity index is 354. The lowest BCUT2D eigenvalue weighted by Gasteiger charge is -2.44. The molecule has 2 aliphatic rings. The van der Waals surface area contributed by atoms with E-state index in [-0.39, 0.29) is 11.8 Å². The Morgan fingerprint density at radius 3 is 2.68 bits per heavy atom. The van der Waals surface area contributed by atoms with Gasteiger partial charge in [0.2, 0.25) is 11.8 Å². The zero-order valence-corrected chi connectivity index (χ0v) is 12.6. The van der Waals surface area contributed by atoms with Crippen molar-refractivity contribution < 1.29 is 9.59 Å². The maximum Gasteiger partial charge on any atom is 0.240 e. The number of likely N-dealkylation sites (N-methyl/N-ethyl adjacent to an activating group) is 1. The van der Waals surface area contributed by atoms with E-state index in [9.17, 15) is 9.59 Å². The molecule has 2 fully saturated rings. The van der Waals surface area contributed by atoms with Crippen LogP contribution in [-0.4, -0.2) is 72.4 Å². The second-order valence-electron chi connectivity index (χ2n) is 5.38. The van der Waals surface area contributed by atoms with Crippen LogP contribution in [0.15, 0.2) is 0 Å². The summed E-state index contributed by atoms with van der Waals surface area (Å²) < 4.78 is 0. The van der Waals surface area contributed by atoms with Crippen LogP contribution in [0.2, 0.25) is 0 Å². The number of likely N-dealkylation sites (tertiary alicyclic amines) is 1. The summed E-state index contributed by atoms with van der Waals surface area (Å²) in [7, 11) is 2.03. The molecule has 2 rings (SSSR count). The summed E-state index contributed by atoms with van der Waals surface area (Å²) in [6.07, 6.45) is 4.43. The molecule has 19 heavy (non-hydrogen) atoms. The van der Waals surface area contributed by atoms with Crippen LogP contribution in [-0.2, 0) is 9.59 Å². The molecule has 0 aliphatic carbocycles. The molecule has 6 heteroatoms. The van der Waals surface area contributed by atoms with Crippen molar-refractivity contribution in [2.45, 2.75) is 24.8 Å². The van der Waals surface area contributed by atoms with Gasteiger partial charge in [0.25, 0.3) is 0 Å². The summed E-state index contributed by atoms with van der Waals surface area (Å²) in [5.41, 5.74) is -0.396. The maximum absolute atomic E-state index is 12.3. The standard InChI is InChI=1S/C13H23N3O2S/c1-15-7-3-6-14-12(18)13(15)4-8-16(9-5-13)11(17)10-19-2/h3-10H2,1-2H3,(H,14,18). The van der Waals surface area contributed by atoms with E-state index < -0.39 is 5.54 Å². The molecule has 2 amide bonds. The van der Waals surface area contributed by atoms with Crippen LogP contribution in [0.5, 0.6) is 0 Å². The number of nitrogens with one attached hydrogen (secondary N) is 1. The van der Waals surface area contributed by atoms with E-state index in [1.54, 1.807) is 11.8 Å². The molecule has 0 saturated carbocycles. The Morgan fingerprint density at radius 2 is 2.05 bits per heavy atom. The van der Waals surface area contributed by atoms with Crippen LogP contribution in [0, 0.1) is 0 Å². The summed E-state index contributed by atoms with van der Waals surface area (Å²) >= 11 is 1.55. The highest BCUT2D eigenvalue weighted by Gasteiger charge is 2.45. The number of piperidine rings is 1. The minimum absolute atomic E-state index is 0.143. The van der Waals surface area contributed by atoms with Crippen LogP contribution < -0.4 is 5.32 Å². The van der Waals surface area contributed by atoms with E-state index in [0.717, 1.165) is 32.4 Å². The first kappa shape index (κ1) is 14.7. The van der Waals surface area contributed by atoms with E-state index in [1.165, 1.54) is 0 Å². The van der Waals surface area contributed by atoms with Gasteiger partial charge in [-0.25, -0.2) is 0 Å². The monoisotopic (exact) mass is 285 g/mol. The van der Waals surface area contributed by atoms with Crippen molar-refractivity contribution in [1.82, 2.24) is 15.1 Å². The van der Waals surface area contributed by atoms with Crippen molar-refractivity contribution >= 4 is 23.6 Å². The number of hydrogen-bond donors (Lipinski definition) is 1. The van der Waals surface area contributed by atoms with Gasteiger partial charge in [0, 0.05) is 26.2 Å². The van der Waals surface area contributed by atoms with Gasteiger partial charge in [-0.1, -0.05) is 0 Å². The normalized spacial score (nSPS) is 24.1. The SMILES string of the molecule is CSCC(=O)N1CCC2(CC1)C(=O)NCCCN2C. The van der Waals surface area contributed by atoms with Crippen LogP contribution >= 0.6 is 11.8 Å². The summed E-state index contributed by atoms with van der Waals surface area (Å²) in [6.45, 7) is 3.09. The summed E-state index contributed by atoms with van der Waals surface area (Å²) in [6, 6.07) is 0. The van der Waals surface area contributed by atoms with Gasteiger partial charge in [-0.2, -0.15) is 11.8 Å². The predicted octanol–water partition coefficient (Wildman–Crippen LogP) is 0.162. The topological polar surface area (TPSA) is 52.7 Å². The third-order valence-electron chi connectivity index (χ3n) is 4.32. The molecule has 2 heterocycles. The molecule has 1 N–H and O–H groups in total. The summed E-state index contributed by atoms with van der Waals surface area (Å²) in [5.74, 6) is 0.873. The second kappa shape index (κ2) is 6.13. The molecule has 0 radical (unpaired) electrons. The number of thioether (sulfide) groups is 1. The van der Waals surface area contributed by atoms with Crippen molar-refractivity contribution in [2.24, 2.45) is 0 Å². The Balaban J connectivity index is 2.03. The zero-order valence-electron chi connectivity index (χ0n) is 11.8. The van der Waals surface area contributed by atoms with Crippen LogP contribution in [0.4, 0.5) is 0 Å². The summed E-state index contributed by atoms with van der Waals surface area (Å²) in [4.78, 5) is 28.3. The highest BCUT2D eigenvalue weighted by atomic mass is 32.2. The van der Waals surface area contributed by atoms with E-state index >= 15 is 0 Å². The van der Waals surface area contributed by atoms with E-state index in [2.05, 4.69) is 10.2 Å². The molecular formula is C13H23N3O2S. The molecule has 2 saturated heterocycles. The minimum Gasteiger partial charge on any atom is -0.354 e. The Kier molecular flexibility index (Phi) is 4.73. The molecule has 108 valence electrons. The van der Waals surface area contributed by atoms with Crippen LogP contribution in [0.25, 0.3) is 0 Å². The highest BCUT2D eigenvalue weighted by Crippen LogP contribution is 2.30. The van der Waals surface area contributed by atoms with E-state index in [0.29, 0.717) is 18.8 Å². The second-order valence-corrected chi connectivity index (χ2v) is 6.24. The van der Waals surface area contributed by atoms with Gasteiger partial charge in [-0.3, -0.25) is 14.5 Å². The lowest BCUT2D eigenvalue weighted by molar-refractivity contribution is -0.140. The molecule has 0 atom stereocenters. The molecule has 0 aromatic rings. The number of carbonyl (C=O) groups is 2. The first-order valence-electron chi connectivity index (χ1n) is 6.86. The number of nitrogens with zero attached hydrogens (tertiary/aromatic N) is 2. The predicted molar refractivity (Wildman–Crippen MR) is 77.2 cm³/mol. The molecule has 0 unspecified atom stereocenters. The van der Waals surface area contributed by atoms with E-state index in [1.807, 2.05) is 18.2 Å². The fourth-order valence-electron chi connectivity index (χ4n) is 3.02. The average molecular weight is 285 g/mol. The first-order chi connectivity index (χ1) is 9.10. The van der Waals surface area contributed by atoms with Gasteiger partial charge < -0.3 is 10.2 Å². The van der Waals surface area contributed by atoms with Crippen molar-refractivity contribution in [3.05, 3.63) is 0 Å². The number of hydrogen-bond acceptors (Lipinski definition) is 4. The quantitative estimate of drug-likeness (QED) is 0.785. The van der Waals surface area contributed by atoms with Gasteiger partial charge in [-0.15, -0.1) is 0 Å². The molecule has 1 spiro atoms. The van der Waals surface area contributed by atoms with Crippen molar-refractivity contribution in [3.63, 3.8) is 0 Å². The molecule has 0 aromatic heterocycles. The largest absolute Gasteiger partial charge is 0.354 e. The molecule has 0 aromatic carbocycles. The summed E-state index contributed by atoms with van der Waals surface area (Å²) in [5, 5.41) is 3.02. The van der Waals surface area contributed by atoms with Crippen molar-refractivity contribution in [2.75, 3.05) is 45.2 Å². The number of rotatable bonds is 2. The van der Waals surface area contributed by atoms with E-state index in [4.69, 9.17) is 0 Å². The highest BCUT2D eigenvalue weighted by molar-refractivity contribution is 7.99. The fraction of sp³-hybridized carbons (Fsp3) is 0.846. The molecule has 0 bridgehead atoms. The molecule has 2 aliphatic heterocycles. The molecular weight excluding hydrogens is 262 g/mol. The van der Waals surface area contributed by atoms with Crippen LogP contribution in [0.1, 0.15) is 19.3 Å². The van der Waals surface area contributed by atoms with Gasteiger partial charge >= 0.3 is 0 Å². The Hall–Kier alpha value is -0.750. The first-order valence-corrected chi connectivity index (χ1v) is 8.26. The number of amides is 2. The van der Waals surface area contributed by atoms with Gasteiger partial charge in [0.15, 0.2) is 0 Å². The van der Waals surface area contributed by atoms with Gasteiger partial charge in [0.1, 0.15) is 5.54 Å².